The van der Waals surface area contributed by atoms with E-state index < -0.39 is 12.2 Å². The van der Waals surface area contributed by atoms with E-state index in [0.29, 0.717) is 49.1 Å². The summed E-state index contributed by atoms with van der Waals surface area (Å²) in [5.74, 6) is 1.05. The van der Waals surface area contributed by atoms with E-state index in [1.807, 2.05) is 25.1 Å². The number of hydrogen-bond acceptors (Lipinski definition) is 7. The van der Waals surface area contributed by atoms with E-state index in [9.17, 15) is 13.2 Å². The van der Waals surface area contributed by atoms with Crippen LogP contribution >= 0.6 is 12.4 Å². The van der Waals surface area contributed by atoms with Crippen molar-refractivity contribution in [2.75, 3.05) is 33.4 Å². The molecule has 0 aliphatic carbocycles. The van der Waals surface area contributed by atoms with Crippen LogP contribution in [0.1, 0.15) is 23.6 Å². The van der Waals surface area contributed by atoms with Crippen molar-refractivity contribution in [2.45, 2.75) is 31.6 Å². The number of halogens is 4. The van der Waals surface area contributed by atoms with Crippen molar-refractivity contribution >= 4 is 29.0 Å². The van der Waals surface area contributed by atoms with Crippen molar-refractivity contribution in [3.8, 4) is 17.3 Å². The molecule has 1 saturated heterocycles. The molecule has 4 aromatic rings. The van der Waals surface area contributed by atoms with Crippen molar-refractivity contribution in [2.24, 2.45) is 5.73 Å². The average molecular weight is 537 g/mol. The zero-order valence-electron chi connectivity index (χ0n) is 20.4. The molecule has 2 atom stereocenters. The largest absolute Gasteiger partial charge is 0.491 e. The quantitative estimate of drug-likeness (QED) is 0.351. The molecule has 1 fully saturated rings. The topological polar surface area (TPSA) is 90.8 Å². The number of benzene rings is 1. The molecular weight excluding hydrogens is 509 g/mol. The van der Waals surface area contributed by atoms with Gasteiger partial charge in [0.15, 0.2) is 11.5 Å². The van der Waals surface area contributed by atoms with Crippen molar-refractivity contribution in [3.63, 3.8) is 0 Å². The van der Waals surface area contributed by atoms with Gasteiger partial charge in [-0.25, -0.2) is 4.98 Å². The van der Waals surface area contributed by atoms with E-state index in [4.69, 9.17) is 20.2 Å². The Balaban J connectivity index is 0.00000320. The molecule has 12 heteroatoms. The summed E-state index contributed by atoms with van der Waals surface area (Å²) in [7, 11) is 1.61. The number of rotatable bonds is 7. The van der Waals surface area contributed by atoms with Crippen LogP contribution in [0.5, 0.6) is 5.75 Å². The van der Waals surface area contributed by atoms with Crippen LogP contribution in [0.15, 0.2) is 42.6 Å². The van der Waals surface area contributed by atoms with Crippen LogP contribution in [0.4, 0.5) is 13.2 Å². The van der Waals surface area contributed by atoms with Gasteiger partial charge in [0.1, 0.15) is 24.1 Å². The number of ether oxygens (including phenoxy) is 2. The fourth-order valence-corrected chi connectivity index (χ4v) is 4.73. The molecule has 0 bridgehead atoms. The maximum atomic E-state index is 14.1. The third kappa shape index (κ3) is 5.35. The number of alkyl halides is 3. The summed E-state index contributed by atoms with van der Waals surface area (Å²) in [5.41, 5.74) is 8.51. The molecule has 198 valence electrons. The first-order valence-corrected chi connectivity index (χ1v) is 11.7. The van der Waals surface area contributed by atoms with E-state index in [-0.39, 0.29) is 30.6 Å². The van der Waals surface area contributed by atoms with Gasteiger partial charge in [-0.05, 0) is 43.2 Å². The predicted octanol–water partition coefficient (Wildman–Crippen LogP) is 4.34. The Bertz CT molecular complexity index is 1400. The highest BCUT2D eigenvalue weighted by Gasteiger charge is 2.46. The van der Waals surface area contributed by atoms with Crippen molar-refractivity contribution < 1.29 is 22.6 Å². The van der Waals surface area contributed by atoms with Gasteiger partial charge in [0, 0.05) is 43.4 Å². The highest BCUT2D eigenvalue weighted by atomic mass is 35.5. The summed E-state index contributed by atoms with van der Waals surface area (Å²) in [6.07, 6.45) is -2.47. The summed E-state index contributed by atoms with van der Waals surface area (Å²) in [6, 6.07) is 8.47. The maximum absolute atomic E-state index is 14.1. The number of pyridine rings is 2. The van der Waals surface area contributed by atoms with E-state index >= 15 is 0 Å². The Morgan fingerprint density at radius 3 is 2.59 bits per heavy atom. The first kappa shape index (κ1) is 27.1. The first-order valence-electron chi connectivity index (χ1n) is 11.7. The van der Waals surface area contributed by atoms with E-state index in [2.05, 4.69) is 10.2 Å². The predicted molar refractivity (Wildman–Crippen MR) is 136 cm³/mol. The van der Waals surface area contributed by atoms with E-state index in [1.165, 1.54) is 17.2 Å². The lowest BCUT2D eigenvalue weighted by molar-refractivity contribution is -0.183. The minimum absolute atomic E-state index is 0. The lowest BCUT2D eigenvalue weighted by atomic mass is 10.1. The number of likely N-dealkylation sites (tertiary alicyclic amines) is 1. The first-order chi connectivity index (χ1) is 17.3. The van der Waals surface area contributed by atoms with Crippen LogP contribution in [0, 0.1) is 6.92 Å². The molecule has 1 aliphatic heterocycles. The number of fused-ring (bicyclic) bond motifs is 2. The van der Waals surface area contributed by atoms with E-state index in [1.54, 1.807) is 23.6 Å². The summed E-state index contributed by atoms with van der Waals surface area (Å²) in [4.78, 5) is 6.17. The van der Waals surface area contributed by atoms with Gasteiger partial charge >= 0.3 is 6.18 Å². The lowest BCUT2D eigenvalue weighted by Crippen LogP contribution is -2.38. The highest BCUT2D eigenvalue weighted by molar-refractivity contribution is 5.86. The second kappa shape index (κ2) is 10.8. The Hall–Kier alpha value is -2.99. The summed E-state index contributed by atoms with van der Waals surface area (Å²) < 4.78 is 54.8. The molecule has 4 heterocycles. The van der Waals surface area contributed by atoms with E-state index in [0.717, 1.165) is 16.5 Å². The van der Waals surface area contributed by atoms with Gasteiger partial charge in [-0.2, -0.15) is 13.2 Å². The third-order valence-electron chi connectivity index (χ3n) is 6.51. The Kier molecular flexibility index (Phi) is 7.88. The second-order valence-electron chi connectivity index (χ2n) is 9.00. The molecular formula is C25H28ClF3N6O2. The second-order valence-corrected chi connectivity index (χ2v) is 9.00. The van der Waals surface area contributed by atoms with Gasteiger partial charge in [-0.3, -0.25) is 9.30 Å². The van der Waals surface area contributed by atoms with Gasteiger partial charge in [0.05, 0.1) is 12.1 Å². The zero-order chi connectivity index (χ0) is 25.4. The van der Waals surface area contributed by atoms with Gasteiger partial charge in [-0.1, -0.05) is 12.1 Å². The highest BCUT2D eigenvalue weighted by Crippen LogP contribution is 2.39. The molecule has 37 heavy (non-hydrogen) atoms. The molecule has 8 nitrogen and oxygen atoms in total. The maximum Gasteiger partial charge on any atom is 0.408 e. The molecule has 0 amide bonds. The minimum atomic E-state index is -4.45. The zero-order valence-corrected chi connectivity index (χ0v) is 21.2. The number of aromatic nitrogens is 4. The van der Waals surface area contributed by atoms with Gasteiger partial charge < -0.3 is 15.2 Å². The van der Waals surface area contributed by atoms with Crippen molar-refractivity contribution in [1.29, 1.82) is 0 Å². The molecule has 3 aromatic heterocycles. The molecule has 1 aliphatic rings. The number of aryl methyl sites for hydroxylation is 1. The molecule has 0 saturated carbocycles. The van der Waals surface area contributed by atoms with Crippen molar-refractivity contribution in [3.05, 3.63) is 53.7 Å². The molecule has 0 radical (unpaired) electrons. The minimum Gasteiger partial charge on any atom is -0.491 e. The molecule has 0 spiro atoms. The SMILES string of the molecule is COCCOc1ccc2ccc(-c3nnc4ccc([C@@H](N5CC[C@H](N)C5)C(F)(F)F)cn34)nc2c1C.Cl. The number of methoxy groups -OCH3 is 1. The Labute approximate surface area is 218 Å². The van der Waals surface area contributed by atoms with Crippen LogP contribution in [0.3, 0.4) is 0 Å². The number of hydrogen-bond donors (Lipinski definition) is 1. The van der Waals surface area contributed by atoms with Gasteiger partial charge in [0.2, 0.25) is 0 Å². The molecule has 5 rings (SSSR count). The fourth-order valence-electron chi connectivity index (χ4n) is 4.73. The van der Waals surface area contributed by atoms with Gasteiger partial charge in [-0.15, -0.1) is 22.6 Å². The Morgan fingerprint density at radius 2 is 1.89 bits per heavy atom. The standard InChI is InChI=1S/C25H27F3N6O2.ClH/c1-15-20(36-12-11-35-2)7-4-16-3-6-19(30-22(15)16)24-32-31-21-8-5-17(13-34(21)24)23(25(26,27)28)33-10-9-18(29)14-33;/h3-8,13,18,23H,9-12,14,29H2,1-2H3;1H/t18-,23+;/m0./s1. The summed E-state index contributed by atoms with van der Waals surface area (Å²) in [6.45, 7) is 3.26. The average Bonchev–Trinajstić information content (AvgIpc) is 3.46. The summed E-state index contributed by atoms with van der Waals surface area (Å²) in [5, 5.41) is 9.31. The third-order valence-corrected chi connectivity index (χ3v) is 6.51. The smallest absolute Gasteiger partial charge is 0.408 e. The number of nitrogens with two attached hydrogens (primary N) is 1. The van der Waals surface area contributed by atoms with Crippen LogP contribution < -0.4 is 10.5 Å². The number of nitrogens with zero attached hydrogens (tertiary/aromatic N) is 5. The molecule has 2 N–H and O–H groups in total. The lowest BCUT2D eigenvalue weighted by Gasteiger charge is -2.30. The van der Waals surface area contributed by atoms with Crippen LogP contribution in [0.25, 0.3) is 28.1 Å². The summed E-state index contributed by atoms with van der Waals surface area (Å²) >= 11 is 0. The fraction of sp³-hybridized carbons (Fsp3) is 0.400. The van der Waals surface area contributed by atoms with Crippen LogP contribution in [-0.4, -0.2) is 70.1 Å². The monoisotopic (exact) mass is 536 g/mol. The van der Waals surface area contributed by atoms with Crippen molar-refractivity contribution in [1.82, 2.24) is 24.5 Å². The molecule has 0 unspecified atom stereocenters. The van der Waals surface area contributed by atoms with Crippen LogP contribution in [-0.2, 0) is 4.74 Å². The Morgan fingerprint density at radius 1 is 1.11 bits per heavy atom. The molecule has 1 aromatic carbocycles. The van der Waals surface area contributed by atoms with Gasteiger partial charge in [0.25, 0.3) is 0 Å². The normalized spacial score (nSPS) is 17.3. The van der Waals surface area contributed by atoms with Crippen LogP contribution in [0.2, 0.25) is 0 Å².